The fourth-order valence-corrected chi connectivity index (χ4v) is 9.22. The molecule has 3 unspecified atom stereocenters. The first-order chi connectivity index (χ1) is 23.3. The molecule has 3 heterocycles. The maximum absolute atomic E-state index is 15.2. The lowest BCUT2D eigenvalue weighted by atomic mass is 9.86. The van der Waals surface area contributed by atoms with Gasteiger partial charge >= 0.3 is 5.97 Å². The number of hydrogen-bond donors (Lipinski definition) is 2. The third-order valence-electron chi connectivity index (χ3n) is 10.1. The Morgan fingerprint density at radius 2 is 2.00 bits per heavy atom. The van der Waals surface area contributed by atoms with E-state index in [0.717, 1.165) is 23.6 Å². The minimum absolute atomic E-state index is 0.0603. The number of sulfonamides is 1. The number of aliphatic hydroxyl groups is 1. The van der Waals surface area contributed by atoms with E-state index in [2.05, 4.69) is 10.3 Å². The number of fused-ring (bicyclic) bond motifs is 1. The van der Waals surface area contributed by atoms with Gasteiger partial charge in [-0.3, -0.25) is 4.79 Å². The standard InChI is InChI=1S/C35H43F2N3O8S/c1-35(2,37)19-40(49(43,44)25-8-9-27-30(16-25)48-34(39-27)38-24-6-7-24)17-28(41)21(12-20-4-3-5-23(36)13-20)15-31(42)47-29-14-22-18-46-33-32(22)26(29)10-11-45-33/h3-5,8-9,13,16,21-22,24,26,28-29,32-33,41H,6-7,10-12,14-15,17-19H2,1-2H3,(H,38,39)/t21?,22?,26?,28-,29-,32+,33+/m1/s1. The molecule has 2 aliphatic carbocycles. The molecule has 2 saturated carbocycles. The number of esters is 1. The van der Waals surface area contributed by atoms with Gasteiger partial charge in [0, 0.05) is 43.0 Å². The third-order valence-corrected chi connectivity index (χ3v) is 11.9. The fraction of sp³-hybridized carbons (Fsp3) is 0.600. The molecule has 49 heavy (non-hydrogen) atoms. The Labute approximate surface area is 284 Å². The highest BCUT2D eigenvalue weighted by molar-refractivity contribution is 7.89. The number of hydrogen-bond acceptors (Lipinski definition) is 10. The molecular weight excluding hydrogens is 660 g/mol. The number of aromatic nitrogens is 1. The van der Waals surface area contributed by atoms with Crippen molar-refractivity contribution in [3.63, 3.8) is 0 Å². The number of aliphatic hydroxyl groups excluding tert-OH is 1. The smallest absolute Gasteiger partial charge is 0.306 e. The molecule has 1 aromatic heterocycles. The average Bonchev–Trinajstić information content (AvgIpc) is 3.44. The van der Waals surface area contributed by atoms with E-state index in [9.17, 15) is 22.7 Å². The van der Waals surface area contributed by atoms with Gasteiger partial charge < -0.3 is 29.1 Å². The van der Waals surface area contributed by atoms with Gasteiger partial charge in [0.25, 0.3) is 6.01 Å². The summed E-state index contributed by atoms with van der Waals surface area (Å²) in [4.78, 5) is 17.7. The van der Waals surface area contributed by atoms with E-state index < -0.39 is 52.6 Å². The normalized spacial score (nSPS) is 26.5. The van der Waals surface area contributed by atoms with Gasteiger partial charge in [0.2, 0.25) is 10.0 Å². The molecule has 3 aromatic rings. The van der Waals surface area contributed by atoms with Crippen molar-refractivity contribution < 1.29 is 45.7 Å². The predicted molar refractivity (Wildman–Crippen MR) is 174 cm³/mol. The van der Waals surface area contributed by atoms with Crippen LogP contribution in [0.5, 0.6) is 0 Å². The zero-order valence-corrected chi connectivity index (χ0v) is 28.4. The lowest BCUT2D eigenvalue weighted by molar-refractivity contribution is -0.182. The lowest BCUT2D eigenvalue weighted by Crippen LogP contribution is -2.46. The first-order valence-electron chi connectivity index (χ1n) is 17.0. The Morgan fingerprint density at radius 3 is 2.76 bits per heavy atom. The molecule has 2 aliphatic heterocycles. The van der Waals surface area contributed by atoms with E-state index >= 15 is 4.39 Å². The number of rotatable bonds is 14. The van der Waals surface area contributed by atoms with E-state index in [4.69, 9.17) is 18.6 Å². The highest BCUT2D eigenvalue weighted by Gasteiger charge is 2.55. The van der Waals surface area contributed by atoms with Crippen molar-refractivity contribution in [2.75, 3.05) is 31.6 Å². The number of ether oxygens (including phenoxy) is 3. The van der Waals surface area contributed by atoms with Gasteiger partial charge in [0.05, 0.1) is 30.6 Å². The van der Waals surface area contributed by atoms with Crippen LogP contribution >= 0.6 is 0 Å². The number of carbonyl (C=O) groups excluding carboxylic acids is 1. The Morgan fingerprint density at radius 1 is 1.18 bits per heavy atom. The highest BCUT2D eigenvalue weighted by Crippen LogP contribution is 2.50. The molecule has 7 rings (SSSR count). The summed E-state index contributed by atoms with van der Waals surface area (Å²) >= 11 is 0. The average molecular weight is 704 g/mol. The molecule has 0 radical (unpaired) electrons. The number of benzene rings is 2. The number of carbonyl (C=O) groups is 1. The molecule has 7 atom stereocenters. The molecule has 4 fully saturated rings. The maximum atomic E-state index is 15.2. The Hall–Kier alpha value is -3.17. The minimum atomic E-state index is -4.38. The van der Waals surface area contributed by atoms with Gasteiger partial charge in [-0.25, -0.2) is 17.2 Å². The van der Waals surface area contributed by atoms with Gasteiger partial charge in [-0.05, 0) is 81.7 Å². The van der Waals surface area contributed by atoms with Crippen LogP contribution in [0.2, 0.25) is 0 Å². The number of nitrogens with one attached hydrogen (secondary N) is 1. The van der Waals surface area contributed by atoms with E-state index in [1.54, 1.807) is 6.07 Å². The van der Waals surface area contributed by atoms with E-state index in [0.29, 0.717) is 36.7 Å². The summed E-state index contributed by atoms with van der Waals surface area (Å²) in [6.45, 7) is 2.49. The summed E-state index contributed by atoms with van der Waals surface area (Å²) in [7, 11) is -4.38. The van der Waals surface area contributed by atoms with Crippen LogP contribution in [0.25, 0.3) is 11.1 Å². The number of oxazole rings is 1. The van der Waals surface area contributed by atoms with Gasteiger partial charge in [0.15, 0.2) is 11.9 Å². The van der Waals surface area contributed by atoms with Crippen LogP contribution in [0, 0.1) is 29.5 Å². The molecule has 0 spiro atoms. The summed E-state index contributed by atoms with van der Waals surface area (Å²) in [5.74, 6) is -1.38. The Bertz CT molecular complexity index is 1780. The molecule has 0 bridgehead atoms. The molecule has 266 valence electrons. The summed E-state index contributed by atoms with van der Waals surface area (Å²) in [5.41, 5.74) is -0.742. The number of halogens is 2. The Kier molecular flexibility index (Phi) is 9.46. The number of alkyl halides is 1. The zero-order valence-electron chi connectivity index (χ0n) is 27.6. The van der Waals surface area contributed by atoms with Crippen molar-refractivity contribution in [1.82, 2.24) is 9.29 Å². The molecule has 2 N–H and O–H groups in total. The molecule has 0 amide bonds. The summed E-state index contributed by atoms with van der Waals surface area (Å²) in [6, 6.07) is 10.6. The van der Waals surface area contributed by atoms with E-state index in [1.165, 1.54) is 50.2 Å². The van der Waals surface area contributed by atoms with Crippen molar-refractivity contribution in [2.45, 2.75) is 87.5 Å². The largest absolute Gasteiger partial charge is 0.462 e. The van der Waals surface area contributed by atoms with Crippen LogP contribution in [0.3, 0.4) is 0 Å². The molecule has 11 nitrogen and oxygen atoms in total. The van der Waals surface area contributed by atoms with E-state index in [1.807, 2.05) is 0 Å². The minimum Gasteiger partial charge on any atom is -0.462 e. The SMILES string of the molecule is CC(C)(F)CN(C[C@@H](O)C(CC(=O)O[C@@H]1CC2CO[C@@H]3OCCC1[C@H]23)Cc1cccc(F)c1)S(=O)(=O)c1ccc2nc(NC3CC3)oc2c1. The molecule has 4 aliphatic rings. The molecule has 14 heteroatoms. The van der Waals surface area contributed by atoms with E-state index in [-0.39, 0.29) is 59.5 Å². The topological polar surface area (TPSA) is 140 Å². The Balaban J connectivity index is 1.11. The number of anilines is 1. The lowest BCUT2D eigenvalue weighted by Gasteiger charge is -2.33. The summed E-state index contributed by atoms with van der Waals surface area (Å²) in [5, 5.41) is 14.8. The summed E-state index contributed by atoms with van der Waals surface area (Å²) < 4.78 is 81.7. The van der Waals surface area contributed by atoms with Crippen LogP contribution in [0.15, 0.2) is 51.8 Å². The first-order valence-corrected chi connectivity index (χ1v) is 18.5. The second-order valence-electron chi connectivity index (χ2n) is 14.6. The fourth-order valence-electron chi connectivity index (χ4n) is 7.60. The van der Waals surface area contributed by atoms with Crippen LogP contribution in [-0.4, -0.2) is 85.3 Å². The van der Waals surface area contributed by atoms with Crippen molar-refractivity contribution in [3.8, 4) is 0 Å². The van der Waals surface area contributed by atoms with Crippen LogP contribution < -0.4 is 5.32 Å². The molecular formula is C35H43F2N3O8S. The zero-order chi connectivity index (χ0) is 34.5. The quantitative estimate of drug-likeness (QED) is 0.225. The third kappa shape index (κ3) is 7.78. The molecule has 2 aromatic carbocycles. The van der Waals surface area contributed by atoms with Crippen LogP contribution in [0.4, 0.5) is 14.8 Å². The van der Waals surface area contributed by atoms with Crippen molar-refractivity contribution >= 4 is 33.1 Å². The number of nitrogens with zero attached hydrogens (tertiary/aromatic N) is 2. The van der Waals surface area contributed by atoms with Crippen molar-refractivity contribution in [3.05, 3.63) is 53.8 Å². The predicted octanol–water partition coefficient (Wildman–Crippen LogP) is 4.83. The highest BCUT2D eigenvalue weighted by atomic mass is 32.2. The van der Waals surface area contributed by atoms with Crippen LogP contribution in [0.1, 0.15) is 51.5 Å². The maximum Gasteiger partial charge on any atom is 0.306 e. The molecule has 2 saturated heterocycles. The van der Waals surface area contributed by atoms with Gasteiger partial charge in [-0.2, -0.15) is 9.29 Å². The first kappa shape index (κ1) is 34.3. The van der Waals surface area contributed by atoms with Gasteiger partial charge in [0.1, 0.15) is 23.1 Å². The second kappa shape index (κ2) is 13.5. The van der Waals surface area contributed by atoms with Crippen LogP contribution in [-0.2, 0) is 35.4 Å². The monoisotopic (exact) mass is 703 g/mol. The van der Waals surface area contributed by atoms with Gasteiger partial charge in [-0.1, -0.05) is 12.1 Å². The van der Waals surface area contributed by atoms with Crippen molar-refractivity contribution in [2.24, 2.45) is 23.7 Å². The van der Waals surface area contributed by atoms with Crippen molar-refractivity contribution in [1.29, 1.82) is 0 Å². The summed E-state index contributed by atoms with van der Waals surface area (Å²) in [6.07, 6.45) is 1.18. The van der Waals surface area contributed by atoms with Gasteiger partial charge in [-0.15, -0.1) is 0 Å². The second-order valence-corrected chi connectivity index (χ2v) is 16.5.